The molecule has 7 nitrogen and oxygen atoms in total. The van der Waals surface area contributed by atoms with Crippen LogP contribution < -0.4 is 11.2 Å². The van der Waals surface area contributed by atoms with Gasteiger partial charge in [-0.05, 0) is 29.7 Å². The van der Waals surface area contributed by atoms with Crippen molar-refractivity contribution in [2.75, 3.05) is 0 Å². The molecular formula is C18H20N2O5. The number of rotatable bonds is 8. The number of carbonyl (C=O) groups is 2. The van der Waals surface area contributed by atoms with E-state index in [2.05, 4.69) is 5.48 Å². The van der Waals surface area contributed by atoms with Crippen LogP contribution in [0.5, 0.6) is 5.75 Å². The SMILES string of the molecule is N[C@@H](Cc1ccccc1)C(=O)ON[C@@H](Cc1ccc(O)cc1)C(=O)O. The molecule has 2 atom stereocenters. The lowest BCUT2D eigenvalue weighted by atomic mass is 10.1. The minimum absolute atomic E-state index is 0.0802. The highest BCUT2D eigenvalue weighted by atomic mass is 16.7. The average molecular weight is 344 g/mol. The largest absolute Gasteiger partial charge is 0.508 e. The third-order valence-electron chi connectivity index (χ3n) is 3.58. The van der Waals surface area contributed by atoms with Gasteiger partial charge in [-0.3, -0.25) is 4.79 Å². The molecule has 0 heterocycles. The molecule has 0 radical (unpaired) electrons. The fourth-order valence-corrected chi connectivity index (χ4v) is 2.20. The monoisotopic (exact) mass is 344 g/mol. The minimum Gasteiger partial charge on any atom is -0.508 e. The lowest BCUT2D eigenvalue weighted by Gasteiger charge is -2.16. The van der Waals surface area contributed by atoms with Crippen molar-refractivity contribution in [1.82, 2.24) is 5.48 Å². The molecule has 25 heavy (non-hydrogen) atoms. The van der Waals surface area contributed by atoms with E-state index in [9.17, 15) is 19.8 Å². The molecule has 0 bridgehead atoms. The van der Waals surface area contributed by atoms with Crippen LogP contribution in [0.25, 0.3) is 0 Å². The maximum Gasteiger partial charge on any atom is 0.341 e. The van der Waals surface area contributed by atoms with E-state index in [1.54, 1.807) is 12.1 Å². The van der Waals surface area contributed by atoms with Crippen molar-refractivity contribution in [2.45, 2.75) is 24.9 Å². The van der Waals surface area contributed by atoms with E-state index in [4.69, 9.17) is 10.6 Å². The highest BCUT2D eigenvalue weighted by molar-refractivity contribution is 5.77. The van der Waals surface area contributed by atoms with Gasteiger partial charge in [-0.15, -0.1) is 5.48 Å². The topological polar surface area (TPSA) is 122 Å². The maximum absolute atomic E-state index is 11.9. The zero-order chi connectivity index (χ0) is 18.2. The molecule has 5 N–H and O–H groups in total. The van der Waals surface area contributed by atoms with Gasteiger partial charge in [-0.2, -0.15) is 0 Å². The molecule has 0 aliphatic carbocycles. The zero-order valence-electron chi connectivity index (χ0n) is 13.5. The summed E-state index contributed by atoms with van der Waals surface area (Å²) in [5, 5.41) is 18.5. The maximum atomic E-state index is 11.9. The first-order chi connectivity index (χ1) is 12.0. The minimum atomic E-state index is -1.17. The zero-order valence-corrected chi connectivity index (χ0v) is 13.5. The summed E-state index contributed by atoms with van der Waals surface area (Å²) in [6.45, 7) is 0. The smallest absolute Gasteiger partial charge is 0.341 e. The fraction of sp³-hybridized carbons (Fsp3) is 0.222. The molecule has 0 aromatic heterocycles. The molecule has 0 aliphatic heterocycles. The van der Waals surface area contributed by atoms with E-state index < -0.39 is 24.0 Å². The standard InChI is InChI=1S/C18H20N2O5/c19-15(10-12-4-2-1-3-5-12)18(24)25-20-16(17(22)23)11-13-6-8-14(21)9-7-13/h1-9,15-16,20-21H,10-11,19H2,(H,22,23)/t15-,16-/m0/s1. The van der Waals surface area contributed by atoms with Crippen LogP contribution in [0.3, 0.4) is 0 Å². The molecule has 2 aromatic rings. The van der Waals surface area contributed by atoms with Crippen molar-refractivity contribution in [3.63, 3.8) is 0 Å². The number of carboxylic acid groups (broad SMARTS) is 1. The Labute approximate surface area is 145 Å². The molecule has 0 saturated heterocycles. The molecule has 0 spiro atoms. The second-order valence-electron chi connectivity index (χ2n) is 5.60. The van der Waals surface area contributed by atoms with E-state index in [1.807, 2.05) is 30.3 Å². The van der Waals surface area contributed by atoms with Crippen LogP contribution in [-0.4, -0.2) is 34.2 Å². The third-order valence-corrected chi connectivity index (χ3v) is 3.58. The first-order valence-corrected chi connectivity index (χ1v) is 7.72. The number of hydrogen-bond donors (Lipinski definition) is 4. The number of aromatic hydroxyl groups is 1. The van der Waals surface area contributed by atoms with Gasteiger partial charge in [0.1, 0.15) is 17.8 Å². The second kappa shape index (κ2) is 8.81. The van der Waals surface area contributed by atoms with Gasteiger partial charge >= 0.3 is 11.9 Å². The number of benzene rings is 2. The molecule has 132 valence electrons. The van der Waals surface area contributed by atoms with Crippen LogP contribution in [0, 0.1) is 0 Å². The molecule has 0 fully saturated rings. The van der Waals surface area contributed by atoms with Gasteiger partial charge < -0.3 is 20.8 Å². The van der Waals surface area contributed by atoms with Crippen molar-refractivity contribution >= 4 is 11.9 Å². The Morgan fingerprint density at radius 1 is 1.00 bits per heavy atom. The molecule has 2 rings (SSSR count). The molecule has 2 aromatic carbocycles. The Bertz CT molecular complexity index is 703. The summed E-state index contributed by atoms with van der Waals surface area (Å²) in [4.78, 5) is 28.1. The highest BCUT2D eigenvalue weighted by Crippen LogP contribution is 2.11. The van der Waals surface area contributed by atoms with Crippen molar-refractivity contribution in [3.8, 4) is 5.75 Å². The first kappa shape index (κ1) is 18.4. The fourth-order valence-electron chi connectivity index (χ4n) is 2.20. The van der Waals surface area contributed by atoms with Crippen LogP contribution in [0.15, 0.2) is 54.6 Å². The van der Waals surface area contributed by atoms with E-state index in [-0.39, 0.29) is 18.6 Å². The number of phenolic OH excluding ortho intramolecular Hbond substituents is 1. The molecule has 0 unspecified atom stereocenters. The Balaban J connectivity index is 1.88. The number of nitrogens with one attached hydrogen (secondary N) is 1. The number of phenols is 1. The van der Waals surface area contributed by atoms with Crippen LogP contribution in [-0.2, 0) is 27.3 Å². The summed E-state index contributed by atoms with van der Waals surface area (Å²) < 4.78 is 0. The number of carboxylic acids is 1. The summed E-state index contributed by atoms with van der Waals surface area (Å²) in [5.74, 6) is -1.82. The van der Waals surface area contributed by atoms with Crippen LogP contribution in [0.4, 0.5) is 0 Å². The van der Waals surface area contributed by atoms with Crippen LogP contribution in [0.2, 0.25) is 0 Å². The molecular weight excluding hydrogens is 324 g/mol. The first-order valence-electron chi connectivity index (χ1n) is 7.72. The predicted octanol–water partition coefficient (Wildman–Crippen LogP) is 1.01. The van der Waals surface area contributed by atoms with Gasteiger partial charge in [0.15, 0.2) is 0 Å². The number of hydroxylamine groups is 1. The molecule has 0 saturated carbocycles. The van der Waals surface area contributed by atoms with E-state index >= 15 is 0 Å². The predicted molar refractivity (Wildman–Crippen MR) is 90.6 cm³/mol. The van der Waals surface area contributed by atoms with Crippen LogP contribution in [0.1, 0.15) is 11.1 Å². The van der Waals surface area contributed by atoms with Gasteiger partial charge in [0.25, 0.3) is 0 Å². The van der Waals surface area contributed by atoms with Gasteiger partial charge in [-0.25, -0.2) is 4.79 Å². The number of hydrogen-bond acceptors (Lipinski definition) is 6. The normalized spacial score (nSPS) is 13.0. The quantitative estimate of drug-likeness (QED) is 0.527. The van der Waals surface area contributed by atoms with Gasteiger partial charge in [0.2, 0.25) is 0 Å². The average Bonchev–Trinajstić information content (AvgIpc) is 2.60. The lowest BCUT2D eigenvalue weighted by Crippen LogP contribution is -2.44. The van der Waals surface area contributed by atoms with Crippen LogP contribution >= 0.6 is 0 Å². The van der Waals surface area contributed by atoms with Crippen molar-refractivity contribution < 1.29 is 24.6 Å². The van der Waals surface area contributed by atoms with E-state index in [0.717, 1.165) is 5.56 Å². The van der Waals surface area contributed by atoms with E-state index in [1.165, 1.54) is 12.1 Å². The Morgan fingerprint density at radius 2 is 1.60 bits per heavy atom. The van der Waals surface area contributed by atoms with Gasteiger partial charge in [0.05, 0.1) is 0 Å². The molecule has 0 amide bonds. The summed E-state index contributed by atoms with van der Waals surface area (Å²) in [6.07, 6.45) is 0.369. The number of aliphatic carboxylic acids is 1. The van der Waals surface area contributed by atoms with Gasteiger partial charge in [-0.1, -0.05) is 42.5 Å². The molecule has 0 aliphatic rings. The van der Waals surface area contributed by atoms with Crippen molar-refractivity contribution in [1.29, 1.82) is 0 Å². The third kappa shape index (κ3) is 5.91. The number of nitrogens with two attached hydrogens (primary N) is 1. The van der Waals surface area contributed by atoms with E-state index in [0.29, 0.717) is 5.56 Å². The van der Waals surface area contributed by atoms with Crippen molar-refractivity contribution in [3.05, 3.63) is 65.7 Å². The summed E-state index contributed by atoms with van der Waals surface area (Å²) in [6, 6.07) is 13.3. The van der Waals surface area contributed by atoms with Gasteiger partial charge in [0, 0.05) is 6.42 Å². The van der Waals surface area contributed by atoms with Crippen molar-refractivity contribution in [2.24, 2.45) is 5.73 Å². The summed E-state index contributed by atoms with van der Waals surface area (Å²) >= 11 is 0. The Hall–Kier alpha value is -2.90. The Morgan fingerprint density at radius 3 is 2.20 bits per heavy atom. The summed E-state index contributed by atoms with van der Waals surface area (Å²) in [5.41, 5.74) is 9.60. The number of carbonyl (C=O) groups excluding carboxylic acids is 1. The highest BCUT2D eigenvalue weighted by Gasteiger charge is 2.22. The molecule has 7 heteroatoms. The second-order valence-corrected chi connectivity index (χ2v) is 5.60. The summed E-state index contributed by atoms with van der Waals surface area (Å²) in [7, 11) is 0. The lowest BCUT2D eigenvalue weighted by molar-refractivity contribution is -0.159. The Kier molecular flexibility index (Phi) is 6.50.